The summed E-state index contributed by atoms with van der Waals surface area (Å²) in [6, 6.07) is 15.4. The van der Waals surface area contributed by atoms with Crippen molar-refractivity contribution in [3.05, 3.63) is 59.8 Å². The summed E-state index contributed by atoms with van der Waals surface area (Å²) in [5.74, 6) is 0.717. The lowest BCUT2D eigenvalue weighted by molar-refractivity contribution is 0.140. The maximum Gasteiger partial charge on any atom is 0.213 e. The van der Waals surface area contributed by atoms with E-state index in [2.05, 4.69) is 46.3 Å². The van der Waals surface area contributed by atoms with Crippen molar-refractivity contribution in [1.29, 1.82) is 0 Å². The van der Waals surface area contributed by atoms with E-state index in [0.717, 1.165) is 13.1 Å². The Bertz CT molecular complexity index is 595. The van der Waals surface area contributed by atoms with Crippen LogP contribution in [0.25, 0.3) is 0 Å². The molecule has 1 aromatic carbocycles. The third-order valence-electron chi connectivity index (χ3n) is 4.34. The number of piperidine rings is 1. The first kappa shape index (κ1) is 16.0. The summed E-state index contributed by atoms with van der Waals surface area (Å²) in [7, 11) is 0. The molecule has 1 aromatic heterocycles. The number of hydrogen-bond donors (Lipinski definition) is 0. The Hall–Kier alpha value is -1.87. The summed E-state index contributed by atoms with van der Waals surface area (Å²) >= 11 is 0. The van der Waals surface area contributed by atoms with Crippen LogP contribution < -0.4 is 4.74 Å². The minimum absolute atomic E-state index is 0.164. The Morgan fingerprint density at radius 1 is 1.13 bits per heavy atom. The molecule has 1 atom stereocenters. The quantitative estimate of drug-likeness (QED) is 0.807. The van der Waals surface area contributed by atoms with E-state index >= 15 is 0 Å². The van der Waals surface area contributed by atoms with Crippen LogP contribution in [0, 0.1) is 0 Å². The van der Waals surface area contributed by atoms with Gasteiger partial charge in [-0.3, -0.25) is 4.90 Å². The van der Waals surface area contributed by atoms with Gasteiger partial charge in [-0.1, -0.05) is 42.8 Å². The molecular formula is C20H26N2O. The van der Waals surface area contributed by atoms with Crippen LogP contribution in [-0.4, -0.2) is 22.5 Å². The van der Waals surface area contributed by atoms with Crippen LogP contribution in [0.4, 0.5) is 0 Å². The van der Waals surface area contributed by atoms with Gasteiger partial charge in [0, 0.05) is 24.8 Å². The molecule has 3 rings (SSSR count). The Kier molecular flexibility index (Phi) is 5.29. The molecule has 1 saturated heterocycles. The van der Waals surface area contributed by atoms with E-state index in [0.29, 0.717) is 11.9 Å². The Morgan fingerprint density at radius 2 is 1.96 bits per heavy atom. The zero-order chi connectivity index (χ0) is 16.1. The monoisotopic (exact) mass is 310 g/mol. The molecule has 0 aliphatic carbocycles. The first-order valence-electron chi connectivity index (χ1n) is 8.63. The number of ether oxygens (including phenoxy) is 1. The fourth-order valence-electron chi connectivity index (χ4n) is 3.28. The van der Waals surface area contributed by atoms with E-state index < -0.39 is 0 Å². The van der Waals surface area contributed by atoms with E-state index in [9.17, 15) is 0 Å². The highest BCUT2D eigenvalue weighted by Crippen LogP contribution is 2.32. The summed E-state index contributed by atoms with van der Waals surface area (Å²) in [6.07, 6.45) is 5.94. The van der Waals surface area contributed by atoms with Crippen LogP contribution in [0.15, 0.2) is 48.7 Å². The van der Waals surface area contributed by atoms with Gasteiger partial charge in [-0.15, -0.1) is 0 Å². The number of nitrogens with zero attached hydrogens (tertiary/aromatic N) is 2. The van der Waals surface area contributed by atoms with Crippen LogP contribution in [0.5, 0.6) is 5.88 Å². The lowest BCUT2D eigenvalue weighted by Crippen LogP contribution is -2.33. The second-order valence-electron chi connectivity index (χ2n) is 6.56. The highest BCUT2D eigenvalue weighted by Gasteiger charge is 2.24. The van der Waals surface area contributed by atoms with Gasteiger partial charge >= 0.3 is 0 Å². The van der Waals surface area contributed by atoms with Crippen LogP contribution in [-0.2, 0) is 6.54 Å². The molecule has 1 aliphatic rings. The summed E-state index contributed by atoms with van der Waals surface area (Å²) in [4.78, 5) is 7.07. The molecule has 0 saturated carbocycles. The average Bonchev–Trinajstić information content (AvgIpc) is 2.57. The van der Waals surface area contributed by atoms with Crippen LogP contribution in [0.2, 0.25) is 0 Å². The van der Waals surface area contributed by atoms with E-state index in [1.807, 2.05) is 26.1 Å². The van der Waals surface area contributed by atoms with Crippen molar-refractivity contribution in [2.24, 2.45) is 0 Å². The molecule has 3 nitrogen and oxygen atoms in total. The van der Waals surface area contributed by atoms with Crippen LogP contribution >= 0.6 is 0 Å². The summed E-state index contributed by atoms with van der Waals surface area (Å²) < 4.78 is 5.65. The molecule has 0 bridgehead atoms. The molecule has 0 N–H and O–H groups in total. The smallest absolute Gasteiger partial charge is 0.213 e. The minimum atomic E-state index is 0.164. The van der Waals surface area contributed by atoms with Gasteiger partial charge in [0.1, 0.15) is 0 Å². The van der Waals surface area contributed by atoms with Gasteiger partial charge in [0.05, 0.1) is 6.10 Å². The number of aromatic nitrogens is 1. The first-order valence-corrected chi connectivity index (χ1v) is 8.63. The number of likely N-dealkylation sites (tertiary alicyclic amines) is 1. The van der Waals surface area contributed by atoms with Crippen molar-refractivity contribution in [3.63, 3.8) is 0 Å². The normalized spacial score (nSPS) is 19.0. The molecule has 0 amide bonds. The van der Waals surface area contributed by atoms with Gasteiger partial charge < -0.3 is 4.74 Å². The highest BCUT2D eigenvalue weighted by atomic mass is 16.5. The van der Waals surface area contributed by atoms with E-state index in [1.54, 1.807) is 0 Å². The Balaban J connectivity index is 1.73. The number of benzene rings is 1. The van der Waals surface area contributed by atoms with Crippen molar-refractivity contribution >= 4 is 0 Å². The largest absolute Gasteiger partial charge is 0.475 e. The van der Waals surface area contributed by atoms with E-state index in [-0.39, 0.29) is 6.10 Å². The lowest BCUT2D eigenvalue weighted by Gasteiger charge is -2.36. The molecule has 122 valence electrons. The third kappa shape index (κ3) is 4.32. The molecule has 2 heterocycles. The van der Waals surface area contributed by atoms with E-state index in [1.165, 1.54) is 30.4 Å². The number of hydrogen-bond acceptors (Lipinski definition) is 3. The van der Waals surface area contributed by atoms with Crippen LogP contribution in [0.3, 0.4) is 0 Å². The molecule has 0 radical (unpaired) electrons. The fraction of sp³-hybridized carbons (Fsp3) is 0.450. The molecule has 1 aliphatic heterocycles. The number of pyridine rings is 1. The van der Waals surface area contributed by atoms with Crippen molar-refractivity contribution < 1.29 is 4.74 Å². The van der Waals surface area contributed by atoms with Gasteiger partial charge in [-0.05, 0) is 44.4 Å². The summed E-state index contributed by atoms with van der Waals surface area (Å²) in [6.45, 7) is 6.22. The van der Waals surface area contributed by atoms with Gasteiger partial charge in [0.2, 0.25) is 5.88 Å². The standard InChI is InChI=1S/C20H26N2O/c1-16(2)23-20-12-11-18(14-21-20)19-10-6-7-13-22(19)15-17-8-4-3-5-9-17/h3-5,8-9,11-12,14,16,19H,6-7,10,13,15H2,1-2H3/t19-/m0/s1. The molecule has 2 aromatic rings. The summed E-state index contributed by atoms with van der Waals surface area (Å²) in [5.41, 5.74) is 2.68. The molecule has 1 fully saturated rings. The van der Waals surface area contributed by atoms with Crippen LogP contribution in [0.1, 0.15) is 50.3 Å². The van der Waals surface area contributed by atoms with E-state index in [4.69, 9.17) is 4.74 Å². The predicted molar refractivity (Wildman–Crippen MR) is 93.4 cm³/mol. The fourth-order valence-corrected chi connectivity index (χ4v) is 3.28. The molecule has 0 spiro atoms. The minimum Gasteiger partial charge on any atom is -0.475 e. The van der Waals surface area contributed by atoms with Crippen molar-refractivity contribution in [3.8, 4) is 5.88 Å². The SMILES string of the molecule is CC(C)Oc1ccc([C@@H]2CCCCN2Cc2ccccc2)cn1. The van der Waals surface area contributed by atoms with Crippen molar-refractivity contribution in [2.45, 2.75) is 51.8 Å². The maximum absolute atomic E-state index is 5.65. The van der Waals surface area contributed by atoms with Crippen molar-refractivity contribution in [2.75, 3.05) is 6.54 Å². The van der Waals surface area contributed by atoms with Gasteiger partial charge in [0.25, 0.3) is 0 Å². The predicted octanol–water partition coefficient (Wildman–Crippen LogP) is 4.60. The summed E-state index contributed by atoms with van der Waals surface area (Å²) in [5, 5.41) is 0. The maximum atomic E-state index is 5.65. The Labute approximate surface area is 139 Å². The first-order chi connectivity index (χ1) is 11.2. The average molecular weight is 310 g/mol. The zero-order valence-electron chi connectivity index (χ0n) is 14.1. The number of rotatable bonds is 5. The highest BCUT2D eigenvalue weighted by molar-refractivity contribution is 5.22. The van der Waals surface area contributed by atoms with Gasteiger partial charge in [0.15, 0.2) is 0 Å². The molecule has 0 unspecified atom stereocenters. The second-order valence-corrected chi connectivity index (χ2v) is 6.56. The van der Waals surface area contributed by atoms with Gasteiger partial charge in [-0.25, -0.2) is 4.98 Å². The molecule has 3 heteroatoms. The molecule has 23 heavy (non-hydrogen) atoms. The molecular weight excluding hydrogens is 284 g/mol. The van der Waals surface area contributed by atoms with Gasteiger partial charge in [-0.2, -0.15) is 0 Å². The van der Waals surface area contributed by atoms with Crippen molar-refractivity contribution in [1.82, 2.24) is 9.88 Å². The topological polar surface area (TPSA) is 25.4 Å². The third-order valence-corrected chi connectivity index (χ3v) is 4.34. The lowest BCUT2D eigenvalue weighted by atomic mass is 9.96. The second kappa shape index (κ2) is 7.60. The zero-order valence-corrected chi connectivity index (χ0v) is 14.1. The Morgan fingerprint density at radius 3 is 2.65 bits per heavy atom.